The average Bonchev–Trinajstić information content (AvgIpc) is 2.84. The average molecular weight is 304 g/mol. The molecule has 0 aliphatic carbocycles. The van der Waals surface area contributed by atoms with Crippen LogP contribution in [0.15, 0.2) is 34.9 Å². The topological polar surface area (TPSA) is 55.1 Å². The molecule has 0 saturated heterocycles. The fourth-order valence-electron chi connectivity index (χ4n) is 2.26. The number of rotatable bonds is 4. The molecule has 22 heavy (non-hydrogen) atoms. The van der Waals surface area contributed by atoms with Crippen molar-refractivity contribution in [3.63, 3.8) is 0 Å². The Morgan fingerprint density at radius 1 is 1.32 bits per heavy atom. The van der Waals surface area contributed by atoms with Crippen molar-refractivity contribution in [1.29, 1.82) is 0 Å². The van der Waals surface area contributed by atoms with Gasteiger partial charge in [0.1, 0.15) is 5.82 Å². The molecule has 0 aliphatic rings. The molecule has 1 aromatic carbocycles. The van der Waals surface area contributed by atoms with Gasteiger partial charge < -0.3 is 9.84 Å². The van der Waals surface area contributed by atoms with Crippen molar-refractivity contribution in [2.24, 2.45) is 5.41 Å². The second kappa shape index (κ2) is 6.30. The Labute approximate surface area is 129 Å². The van der Waals surface area contributed by atoms with Gasteiger partial charge in [-0.2, -0.15) is 0 Å². The van der Waals surface area contributed by atoms with Crippen molar-refractivity contribution in [2.75, 3.05) is 0 Å². The number of halogens is 1. The summed E-state index contributed by atoms with van der Waals surface area (Å²) in [5, 5.41) is 6.66. The van der Waals surface area contributed by atoms with Crippen LogP contribution in [0.25, 0.3) is 0 Å². The maximum atomic E-state index is 13.1. The zero-order valence-corrected chi connectivity index (χ0v) is 13.3. The van der Waals surface area contributed by atoms with Crippen LogP contribution in [0, 0.1) is 18.2 Å². The second-order valence-electron chi connectivity index (χ2n) is 6.67. The molecular formula is C17H21FN2O2. The molecule has 0 bridgehead atoms. The minimum absolute atomic E-state index is 0.00363. The highest BCUT2D eigenvalue weighted by atomic mass is 19.1. The molecule has 0 aliphatic heterocycles. The Morgan fingerprint density at radius 2 is 1.95 bits per heavy atom. The Kier molecular flexibility index (Phi) is 4.64. The summed E-state index contributed by atoms with van der Waals surface area (Å²) in [7, 11) is 0. The van der Waals surface area contributed by atoms with Crippen LogP contribution in [0.5, 0.6) is 0 Å². The summed E-state index contributed by atoms with van der Waals surface area (Å²) < 4.78 is 18.1. The fraction of sp³-hybridized carbons (Fsp3) is 0.412. The van der Waals surface area contributed by atoms with E-state index in [1.54, 1.807) is 25.1 Å². The summed E-state index contributed by atoms with van der Waals surface area (Å²) >= 11 is 0. The van der Waals surface area contributed by atoms with Gasteiger partial charge in [-0.05, 0) is 36.5 Å². The summed E-state index contributed by atoms with van der Waals surface area (Å²) in [6, 6.07) is 7.55. The van der Waals surface area contributed by atoms with E-state index in [1.165, 1.54) is 12.1 Å². The molecule has 1 unspecified atom stereocenters. The van der Waals surface area contributed by atoms with Crippen LogP contribution in [0.3, 0.4) is 0 Å². The van der Waals surface area contributed by atoms with Gasteiger partial charge in [0.25, 0.3) is 5.91 Å². The lowest BCUT2D eigenvalue weighted by Gasteiger charge is -2.27. The second-order valence-corrected chi connectivity index (χ2v) is 6.67. The monoisotopic (exact) mass is 304 g/mol. The number of benzene rings is 1. The van der Waals surface area contributed by atoms with Crippen molar-refractivity contribution >= 4 is 5.91 Å². The predicted octanol–water partition coefficient (Wildman–Crippen LogP) is 4.03. The SMILES string of the molecule is Cc1cc(C(=O)NC(CC(C)(C)C)c2ccc(F)cc2)on1. The smallest absolute Gasteiger partial charge is 0.290 e. The molecule has 1 heterocycles. The highest BCUT2D eigenvalue weighted by Gasteiger charge is 2.24. The molecule has 0 radical (unpaired) electrons. The van der Waals surface area contributed by atoms with Gasteiger partial charge in [0.05, 0.1) is 11.7 Å². The first kappa shape index (κ1) is 16.2. The van der Waals surface area contributed by atoms with Crippen molar-refractivity contribution in [3.8, 4) is 0 Å². The Balaban J connectivity index is 2.21. The summed E-state index contributed by atoms with van der Waals surface area (Å²) in [5.41, 5.74) is 1.52. The number of hydrogen-bond acceptors (Lipinski definition) is 3. The Bertz CT molecular complexity index is 641. The summed E-state index contributed by atoms with van der Waals surface area (Å²) in [6.07, 6.45) is 0.720. The molecule has 1 amide bonds. The quantitative estimate of drug-likeness (QED) is 0.928. The van der Waals surface area contributed by atoms with Gasteiger partial charge in [-0.3, -0.25) is 4.79 Å². The molecule has 0 spiro atoms. The van der Waals surface area contributed by atoms with E-state index >= 15 is 0 Å². The van der Waals surface area contributed by atoms with E-state index in [-0.39, 0.29) is 28.9 Å². The third-order valence-corrected chi connectivity index (χ3v) is 3.25. The van der Waals surface area contributed by atoms with Crippen LogP contribution in [0.2, 0.25) is 0 Å². The molecule has 5 heteroatoms. The normalized spacial score (nSPS) is 13.0. The molecule has 2 aromatic rings. The summed E-state index contributed by atoms with van der Waals surface area (Å²) in [5.74, 6) is -0.437. The minimum Gasteiger partial charge on any atom is -0.351 e. The number of nitrogens with zero attached hydrogens (tertiary/aromatic N) is 1. The molecule has 1 atom stereocenters. The first-order valence-corrected chi connectivity index (χ1v) is 7.24. The van der Waals surface area contributed by atoms with E-state index < -0.39 is 0 Å². The largest absolute Gasteiger partial charge is 0.351 e. The van der Waals surface area contributed by atoms with Crippen molar-refractivity contribution in [3.05, 3.63) is 53.2 Å². The van der Waals surface area contributed by atoms with Gasteiger partial charge in [0.2, 0.25) is 5.76 Å². The van der Waals surface area contributed by atoms with Gasteiger partial charge in [0, 0.05) is 6.07 Å². The van der Waals surface area contributed by atoms with E-state index in [2.05, 4.69) is 31.2 Å². The van der Waals surface area contributed by atoms with Gasteiger partial charge in [-0.15, -0.1) is 0 Å². The number of carbonyl (C=O) groups is 1. The van der Waals surface area contributed by atoms with E-state index in [1.807, 2.05) is 0 Å². The number of amides is 1. The van der Waals surface area contributed by atoms with E-state index in [0.29, 0.717) is 5.69 Å². The minimum atomic E-state index is -0.320. The molecule has 1 aromatic heterocycles. The van der Waals surface area contributed by atoms with Gasteiger partial charge >= 0.3 is 0 Å². The maximum Gasteiger partial charge on any atom is 0.290 e. The first-order valence-electron chi connectivity index (χ1n) is 7.24. The lowest BCUT2D eigenvalue weighted by molar-refractivity contribution is 0.0889. The molecular weight excluding hydrogens is 283 g/mol. The van der Waals surface area contributed by atoms with Crippen LogP contribution in [-0.2, 0) is 0 Å². The van der Waals surface area contributed by atoms with Crippen molar-refractivity contribution in [1.82, 2.24) is 10.5 Å². The number of nitrogens with one attached hydrogen (secondary N) is 1. The zero-order valence-electron chi connectivity index (χ0n) is 13.3. The molecule has 0 saturated carbocycles. The lowest BCUT2D eigenvalue weighted by Crippen LogP contribution is -2.31. The number of carbonyl (C=O) groups excluding carboxylic acids is 1. The number of hydrogen-bond donors (Lipinski definition) is 1. The zero-order chi connectivity index (χ0) is 16.3. The first-order chi connectivity index (χ1) is 10.2. The Hall–Kier alpha value is -2.17. The lowest BCUT2D eigenvalue weighted by atomic mass is 9.85. The van der Waals surface area contributed by atoms with E-state index in [0.717, 1.165) is 12.0 Å². The van der Waals surface area contributed by atoms with Crippen LogP contribution >= 0.6 is 0 Å². The maximum absolute atomic E-state index is 13.1. The molecule has 4 nitrogen and oxygen atoms in total. The van der Waals surface area contributed by atoms with E-state index in [4.69, 9.17) is 4.52 Å². The summed E-state index contributed by atoms with van der Waals surface area (Å²) in [6.45, 7) is 8.03. The van der Waals surface area contributed by atoms with Crippen LogP contribution in [0.1, 0.15) is 55.0 Å². The molecule has 118 valence electrons. The number of aryl methyl sites for hydroxylation is 1. The van der Waals surface area contributed by atoms with Crippen LogP contribution in [-0.4, -0.2) is 11.1 Å². The molecule has 1 N–H and O–H groups in total. The van der Waals surface area contributed by atoms with E-state index in [9.17, 15) is 9.18 Å². The molecule has 0 fully saturated rings. The highest BCUT2D eigenvalue weighted by Crippen LogP contribution is 2.29. The van der Waals surface area contributed by atoms with Gasteiger partial charge in [0.15, 0.2) is 0 Å². The fourth-order valence-corrected chi connectivity index (χ4v) is 2.26. The third kappa shape index (κ3) is 4.41. The van der Waals surface area contributed by atoms with Gasteiger partial charge in [-0.1, -0.05) is 38.1 Å². The predicted molar refractivity (Wildman–Crippen MR) is 81.9 cm³/mol. The number of aromatic nitrogens is 1. The third-order valence-electron chi connectivity index (χ3n) is 3.25. The highest BCUT2D eigenvalue weighted by molar-refractivity contribution is 5.91. The molecule has 2 rings (SSSR count). The standard InChI is InChI=1S/C17H21FN2O2/c1-11-9-15(22-20-11)16(21)19-14(10-17(2,3)4)12-5-7-13(18)8-6-12/h5-9,14H,10H2,1-4H3,(H,19,21). The van der Waals surface area contributed by atoms with Crippen molar-refractivity contribution < 1.29 is 13.7 Å². The summed E-state index contributed by atoms with van der Waals surface area (Å²) in [4.78, 5) is 12.3. The van der Waals surface area contributed by atoms with Gasteiger partial charge in [-0.25, -0.2) is 4.39 Å². The van der Waals surface area contributed by atoms with Crippen LogP contribution in [0.4, 0.5) is 4.39 Å². The van der Waals surface area contributed by atoms with Crippen molar-refractivity contribution in [2.45, 2.75) is 40.2 Å². The Morgan fingerprint density at radius 3 is 2.45 bits per heavy atom. The van der Waals surface area contributed by atoms with Crippen LogP contribution < -0.4 is 5.32 Å².